The van der Waals surface area contributed by atoms with Crippen molar-refractivity contribution in [1.82, 2.24) is 15.2 Å². The number of aromatic amines is 1. The zero-order valence-corrected chi connectivity index (χ0v) is 12.5. The molecule has 0 atom stereocenters. The Morgan fingerprint density at radius 1 is 1.30 bits per heavy atom. The van der Waals surface area contributed by atoms with E-state index < -0.39 is 0 Å². The molecular weight excluding hydrogens is 252 g/mol. The van der Waals surface area contributed by atoms with Gasteiger partial charge in [0.25, 0.3) is 0 Å². The minimum atomic E-state index is -0.0189. The van der Waals surface area contributed by atoms with Crippen LogP contribution in [-0.4, -0.2) is 28.8 Å². The van der Waals surface area contributed by atoms with Gasteiger partial charge in [-0.2, -0.15) is 5.10 Å². The van der Waals surface area contributed by atoms with Crippen molar-refractivity contribution >= 4 is 5.69 Å². The maximum atomic E-state index is 5.19. The Kier molecular flexibility index (Phi) is 4.27. The number of anilines is 1. The van der Waals surface area contributed by atoms with Gasteiger partial charge in [-0.25, -0.2) is 4.98 Å². The highest BCUT2D eigenvalue weighted by Gasteiger charge is 2.18. The van der Waals surface area contributed by atoms with Crippen molar-refractivity contribution in [3.63, 3.8) is 0 Å². The van der Waals surface area contributed by atoms with Crippen LogP contribution in [0.5, 0.6) is 5.75 Å². The molecule has 0 unspecified atom stereocenters. The van der Waals surface area contributed by atoms with Gasteiger partial charge in [0.15, 0.2) is 5.82 Å². The van der Waals surface area contributed by atoms with Gasteiger partial charge in [0.1, 0.15) is 11.6 Å². The van der Waals surface area contributed by atoms with Gasteiger partial charge in [0, 0.05) is 30.1 Å². The van der Waals surface area contributed by atoms with Crippen LogP contribution in [0.15, 0.2) is 24.3 Å². The Labute approximate surface area is 119 Å². The lowest BCUT2D eigenvalue weighted by atomic mass is 9.96. The van der Waals surface area contributed by atoms with E-state index in [1.807, 2.05) is 24.3 Å². The van der Waals surface area contributed by atoms with Crippen LogP contribution in [0, 0.1) is 0 Å². The summed E-state index contributed by atoms with van der Waals surface area (Å²) in [7, 11) is 1.67. The fourth-order valence-electron chi connectivity index (χ4n) is 1.80. The van der Waals surface area contributed by atoms with E-state index in [4.69, 9.17) is 4.74 Å². The number of nitrogens with zero attached hydrogens (tertiary/aromatic N) is 2. The zero-order valence-electron chi connectivity index (χ0n) is 12.5. The number of ether oxygens (including phenoxy) is 1. The third-order valence-corrected chi connectivity index (χ3v) is 2.96. The van der Waals surface area contributed by atoms with Crippen LogP contribution in [0.25, 0.3) is 0 Å². The molecule has 20 heavy (non-hydrogen) atoms. The molecule has 2 rings (SSSR count). The molecule has 5 heteroatoms. The Morgan fingerprint density at radius 3 is 2.75 bits per heavy atom. The third-order valence-electron chi connectivity index (χ3n) is 2.96. The highest BCUT2D eigenvalue weighted by Crippen LogP contribution is 2.18. The molecule has 2 aromatic rings. The van der Waals surface area contributed by atoms with E-state index >= 15 is 0 Å². The van der Waals surface area contributed by atoms with Crippen LogP contribution < -0.4 is 10.1 Å². The first kappa shape index (κ1) is 14.4. The molecular formula is C15H22N4O. The molecule has 0 saturated carbocycles. The van der Waals surface area contributed by atoms with Crippen molar-refractivity contribution in [1.29, 1.82) is 0 Å². The normalized spacial score (nSPS) is 11.4. The van der Waals surface area contributed by atoms with Crippen LogP contribution in [-0.2, 0) is 11.8 Å². The van der Waals surface area contributed by atoms with E-state index in [9.17, 15) is 0 Å². The van der Waals surface area contributed by atoms with Crippen molar-refractivity contribution in [2.24, 2.45) is 0 Å². The third kappa shape index (κ3) is 3.73. The number of aromatic nitrogens is 3. The van der Waals surface area contributed by atoms with Gasteiger partial charge >= 0.3 is 0 Å². The van der Waals surface area contributed by atoms with Crippen LogP contribution in [0.1, 0.15) is 32.4 Å². The number of hydrogen-bond donors (Lipinski definition) is 2. The molecule has 0 aliphatic rings. The molecule has 0 aliphatic heterocycles. The monoisotopic (exact) mass is 274 g/mol. The highest BCUT2D eigenvalue weighted by molar-refractivity contribution is 5.48. The Morgan fingerprint density at radius 2 is 2.10 bits per heavy atom. The van der Waals surface area contributed by atoms with Crippen molar-refractivity contribution in [3.8, 4) is 5.75 Å². The van der Waals surface area contributed by atoms with E-state index in [1.54, 1.807) is 7.11 Å². The van der Waals surface area contributed by atoms with Crippen molar-refractivity contribution < 1.29 is 4.74 Å². The second-order valence-corrected chi connectivity index (χ2v) is 5.76. The summed E-state index contributed by atoms with van der Waals surface area (Å²) in [6, 6.07) is 7.88. The second-order valence-electron chi connectivity index (χ2n) is 5.76. The summed E-state index contributed by atoms with van der Waals surface area (Å²) in [5.41, 5.74) is 1.02. The summed E-state index contributed by atoms with van der Waals surface area (Å²) >= 11 is 0. The zero-order chi connectivity index (χ0) is 14.6. The van der Waals surface area contributed by atoms with Crippen molar-refractivity contribution in [2.75, 3.05) is 19.0 Å². The van der Waals surface area contributed by atoms with E-state index in [0.717, 1.165) is 36.1 Å². The maximum absolute atomic E-state index is 5.19. The van der Waals surface area contributed by atoms with Gasteiger partial charge < -0.3 is 10.1 Å². The standard InChI is InChI=1S/C15H22N4O/c1-15(2,3)14-17-13(18-19-14)8-9-16-11-6-5-7-12(10-11)20-4/h5-7,10,16H,8-9H2,1-4H3,(H,17,18,19). The van der Waals surface area contributed by atoms with E-state index in [1.165, 1.54) is 0 Å². The predicted molar refractivity (Wildman–Crippen MR) is 80.3 cm³/mol. The van der Waals surface area contributed by atoms with E-state index in [2.05, 4.69) is 41.3 Å². The molecule has 0 spiro atoms. The smallest absolute Gasteiger partial charge is 0.155 e. The Bertz CT molecular complexity index is 557. The minimum Gasteiger partial charge on any atom is -0.497 e. The van der Waals surface area contributed by atoms with Crippen LogP contribution in [0.4, 0.5) is 5.69 Å². The summed E-state index contributed by atoms with van der Waals surface area (Å²) < 4.78 is 5.19. The average molecular weight is 274 g/mol. The quantitative estimate of drug-likeness (QED) is 0.880. The molecule has 1 aromatic carbocycles. The molecule has 0 aliphatic carbocycles. The summed E-state index contributed by atoms with van der Waals surface area (Å²) in [5, 5.41) is 10.6. The molecule has 1 heterocycles. The van der Waals surface area contributed by atoms with Crippen molar-refractivity contribution in [2.45, 2.75) is 32.6 Å². The molecule has 2 N–H and O–H groups in total. The largest absolute Gasteiger partial charge is 0.497 e. The molecule has 1 aromatic heterocycles. The minimum absolute atomic E-state index is 0.0189. The van der Waals surface area contributed by atoms with E-state index in [0.29, 0.717) is 0 Å². The fraction of sp³-hybridized carbons (Fsp3) is 0.467. The average Bonchev–Trinajstić information content (AvgIpc) is 2.88. The first-order valence-electron chi connectivity index (χ1n) is 6.79. The summed E-state index contributed by atoms with van der Waals surface area (Å²) in [4.78, 5) is 4.52. The fourth-order valence-corrected chi connectivity index (χ4v) is 1.80. The van der Waals surface area contributed by atoms with Crippen LogP contribution >= 0.6 is 0 Å². The topological polar surface area (TPSA) is 62.8 Å². The lowest BCUT2D eigenvalue weighted by molar-refractivity contribution is 0.415. The molecule has 108 valence electrons. The first-order chi connectivity index (χ1) is 9.49. The van der Waals surface area contributed by atoms with Crippen molar-refractivity contribution in [3.05, 3.63) is 35.9 Å². The number of benzene rings is 1. The lowest BCUT2D eigenvalue weighted by Gasteiger charge is -2.11. The Balaban J connectivity index is 1.88. The maximum Gasteiger partial charge on any atom is 0.155 e. The predicted octanol–water partition coefficient (Wildman–Crippen LogP) is 2.77. The molecule has 0 fully saturated rings. The number of nitrogens with one attached hydrogen (secondary N) is 2. The SMILES string of the molecule is COc1cccc(NCCc2nc(C(C)(C)C)n[nH]2)c1. The van der Waals surface area contributed by atoms with Gasteiger partial charge in [-0.05, 0) is 12.1 Å². The van der Waals surface area contributed by atoms with Gasteiger partial charge in [0.05, 0.1) is 7.11 Å². The summed E-state index contributed by atoms with van der Waals surface area (Å²) in [6.07, 6.45) is 0.806. The summed E-state index contributed by atoms with van der Waals surface area (Å²) in [6.45, 7) is 7.11. The van der Waals surface area contributed by atoms with Gasteiger partial charge in [-0.1, -0.05) is 26.8 Å². The summed E-state index contributed by atoms with van der Waals surface area (Å²) in [5.74, 6) is 2.61. The highest BCUT2D eigenvalue weighted by atomic mass is 16.5. The number of methoxy groups -OCH3 is 1. The number of rotatable bonds is 5. The molecule has 5 nitrogen and oxygen atoms in total. The number of H-pyrrole nitrogens is 1. The lowest BCUT2D eigenvalue weighted by Crippen LogP contribution is -2.13. The van der Waals surface area contributed by atoms with Crippen LogP contribution in [0.3, 0.4) is 0 Å². The van der Waals surface area contributed by atoms with Gasteiger partial charge in [0.2, 0.25) is 0 Å². The molecule has 0 saturated heterocycles. The molecule has 0 amide bonds. The van der Waals surface area contributed by atoms with Crippen LogP contribution in [0.2, 0.25) is 0 Å². The van der Waals surface area contributed by atoms with Gasteiger partial charge in [-0.15, -0.1) is 0 Å². The Hall–Kier alpha value is -2.04. The first-order valence-corrected chi connectivity index (χ1v) is 6.79. The second kappa shape index (κ2) is 5.94. The van der Waals surface area contributed by atoms with Gasteiger partial charge in [-0.3, -0.25) is 5.10 Å². The number of hydrogen-bond acceptors (Lipinski definition) is 4. The molecule has 0 radical (unpaired) electrons. The molecule has 0 bridgehead atoms. The van der Waals surface area contributed by atoms with E-state index in [-0.39, 0.29) is 5.41 Å².